The molecule has 1 aliphatic heterocycles. The Hall–Kier alpha value is -0.160. The molecule has 3 N–H and O–H groups in total. The van der Waals surface area contributed by atoms with E-state index in [-0.39, 0.29) is 5.54 Å². The van der Waals surface area contributed by atoms with Crippen LogP contribution < -0.4 is 11.1 Å². The smallest absolute Gasteiger partial charge is 0.0331 e. The van der Waals surface area contributed by atoms with E-state index >= 15 is 0 Å². The van der Waals surface area contributed by atoms with Crippen molar-refractivity contribution < 1.29 is 0 Å². The number of rotatable bonds is 5. The number of nitrogens with two attached hydrogens (primary N) is 1. The van der Waals surface area contributed by atoms with E-state index in [0.717, 1.165) is 39.0 Å². The predicted octanol–water partition coefficient (Wildman–Crippen LogP) is -0.0508. The van der Waals surface area contributed by atoms with E-state index in [2.05, 4.69) is 43.2 Å². The van der Waals surface area contributed by atoms with Gasteiger partial charge in [-0.2, -0.15) is 0 Å². The Morgan fingerprint density at radius 1 is 1.50 bits per heavy atom. The van der Waals surface area contributed by atoms with Crippen LogP contribution in [0.5, 0.6) is 0 Å². The molecule has 4 heteroatoms. The summed E-state index contributed by atoms with van der Waals surface area (Å²) in [5.41, 5.74) is 6.14. The number of hydrogen-bond acceptors (Lipinski definition) is 4. The van der Waals surface area contributed by atoms with E-state index in [1.165, 1.54) is 0 Å². The molecule has 2 unspecified atom stereocenters. The first-order valence-corrected chi connectivity index (χ1v) is 6.29. The van der Waals surface area contributed by atoms with E-state index in [0.29, 0.717) is 6.04 Å². The SMILES string of the molecule is CC1CC(CN)(NCCN(C)C)CCN1C. The summed E-state index contributed by atoms with van der Waals surface area (Å²) in [5, 5.41) is 3.67. The molecular formula is C12H28N4. The van der Waals surface area contributed by atoms with Crippen molar-refractivity contribution in [1.29, 1.82) is 0 Å². The van der Waals surface area contributed by atoms with E-state index in [4.69, 9.17) is 5.73 Å². The molecule has 1 saturated heterocycles. The Kier molecular flexibility index (Phi) is 5.18. The molecule has 1 heterocycles. The molecule has 1 fully saturated rings. The maximum Gasteiger partial charge on any atom is 0.0331 e. The lowest BCUT2D eigenvalue weighted by Crippen LogP contribution is -2.60. The van der Waals surface area contributed by atoms with Crippen LogP contribution in [-0.2, 0) is 0 Å². The lowest BCUT2D eigenvalue weighted by molar-refractivity contribution is 0.110. The summed E-state index contributed by atoms with van der Waals surface area (Å²) < 4.78 is 0. The van der Waals surface area contributed by atoms with Crippen molar-refractivity contribution in [3.05, 3.63) is 0 Å². The normalized spacial score (nSPS) is 32.2. The summed E-state index contributed by atoms with van der Waals surface area (Å²) in [5.74, 6) is 0. The van der Waals surface area contributed by atoms with Crippen LogP contribution in [0, 0.1) is 0 Å². The highest BCUT2D eigenvalue weighted by atomic mass is 15.2. The van der Waals surface area contributed by atoms with E-state index in [1.54, 1.807) is 0 Å². The summed E-state index contributed by atoms with van der Waals surface area (Å²) >= 11 is 0. The Morgan fingerprint density at radius 2 is 2.19 bits per heavy atom. The summed E-state index contributed by atoms with van der Waals surface area (Å²) in [6.45, 7) is 6.29. The van der Waals surface area contributed by atoms with Gasteiger partial charge in [0, 0.05) is 31.2 Å². The molecule has 0 spiro atoms. The molecule has 16 heavy (non-hydrogen) atoms. The maximum absolute atomic E-state index is 5.97. The average Bonchev–Trinajstić information content (AvgIpc) is 2.23. The molecule has 0 bridgehead atoms. The fourth-order valence-corrected chi connectivity index (χ4v) is 2.40. The summed E-state index contributed by atoms with van der Waals surface area (Å²) in [6, 6.07) is 0.629. The topological polar surface area (TPSA) is 44.5 Å². The Bertz CT molecular complexity index is 207. The van der Waals surface area contributed by atoms with Gasteiger partial charge in [-0.15, -0.1) is 0 Å². The van der Waals surface area contributed by atoms with E-state index in [1.807, 2.05) is 0 Å². The van der Waals surface area contributed by atoms with Crippen molar-refractivity contribution >= 4 is 0 Å². The first-order chi connectivity index (χ1) is 7.49. The number of nitrogens with one attached hydrogen (secondary N) is 1. The van der Waals surface area contributed by atoms with Crippen molar-refractivity contribution in [2.24, 2.45) is 5.73 Å². The molecule has 0 saturated carbocycles. The fraction of sp³-hybridized carbons (Fsp3) is 1.00. The second kappa shape index (κ2) is 5.96. The number of likely N-dealkylation sites (N-methyl/N-ethyl adjacent to an activating group) is 1. The third-order valence-electron chi connectivity index (χ3n) is 3.83. The average molecular weight is 228 g/mol. The van der Waals surface area contributed by atoms with Crippen molar-refractivity contribution in [3.8, 4) is 0 Å². The fourth-order valence-electron chi connectivity index (χ4n) is 2.40. The third kappa shape index (κ3) is 3.70. The van der Waals surface area contributed by atoms with Gasteiger partial charge in [0.15, 0.2) is 0 Å². The van der Waals surface area contributed by atoms with Crippen LogP contribution in [0.1, 0.15) is 19.8 Å². The number of piperidine rings is 1. The summed E-state index contributed by atoms with van der Waals surface area (Å²) in [6.07, 6.45) is 2.32. The van der Waals surface area contributed by atoms with Gasteiger partial charge in [-0.3, -0.25) is 0 Å². The zero-order valence-electron chi connectivity index (χ0n) is 11.3. The quantitative estimate of drug-likeness (QED) is 0.692. The van der Waals surface area contributed by atoms with Gasteiger partial charge in [0.25, 0.3) is 0 Å². The van der Waals surface area contributed by atoms with Gasteiger partial charge in [-0.1, -0.05) is 0 Å². The van der Waals surface area contributed by atoms with E-state index < -0.39 is 0 Å². The van der Waals surface area contributed by atoms with Gasteiger partial charge in [-0.05, 0) is 47.5 Å². The molecular weight excluding hydrogens is 200 g/mol. The van der Waals surface area contributed by atoms with Crippen LogP contribution in [-0.4, -0.2) is 68.7 Å². The Balaban J connectivity index is 2.44. The highest BCUT2D eigenvalue weighted by Gasteiger charge is 2.35. The molecule has 1 aliphatic rings. The molecule has 1 rings (SSSR count). The molecule has 0 aromatic heterocycles. The second-order valence-corrected chi connectivity index (χ2v) is 5.50. The molecule has 0 aromatic carbocycles. The Morgan fingerprint density at radius 3 is 2.69 bits per heavy atom. The number of likely N-dealkylation sites (tertiary alicyclic amines) is 1. The van der Waals surface area contributed by atoms with Crippen LogP contribution in [0.4, 0.5) is 0 Å². The molecule has 4 nitrogen and oxygen atoms in total. The molecule has 96 valence electrons. The molecule has 0 aromatic rings. The standard InChI is InChI=1S/C12H28N4/c1-11-9-12(10-13,5-7-16(11)4)14-6-8-15(2)3/h11,14H,5-10,13H2,1-4H3. The largest absolute Gasteiger partial charge is 0.329 e. The first kappa shape index (κ1) is 13.9. The van der Waals surface area contributed by atoms with Gasteiger partial charge in [0.2, 0.25) is 0 Å². The van der Waals surface area contributed by atoms with Crippen molar-refractivity contribution in [2.45, 2.75) is 31.3 Å². The predicted molar refractivity (Wildman–Crippen MR) is 69.7 cm³/mol. The highest BCUT2D eigenvalue weighted by Crippen LogP contribution is 2.24. The number of nitrogens with zero attached hydrogens (tertiary/aromatic N) is 2. The van der Waals surface area contributed by atoms with Gasteiger partial charge in [0.1, 0.15) is 0 Å². The van der Waals surface area contributed by atoms with Crippen LogP contribution in [0.2, 0.25) is 0 Å². The monoisotopic (exact) mass is 228 g/mol. The van der Waals surface area contributed by atoms with Crippen LogP contribution >= 0.6 is 0 Å². The van der Waals surface area contributed by atoms with E-state index in [9.17, 15) is 0 Å². The van der Waals surface area contributed by atoms with Crippen LogP contribution in [0.15, 0.2) is 0 Å². The molecule has 0 radical (unpaired) electrons. The highest BCUT2D eigenvalue weighted by molar-refractivity contribution is 4.96. The van der Waals surface area contributed by atoms with Crippen LogP contribution in [0.25, 0.3) is 0 Å². The van der Waals surface area contributed by atoms with Crippen molar-refractivity contribution in [1.82, 2.24) is 15.1 Å². The summed E-state index contributed by atoms with van der Waals surface area (Å²) in [7, 11) is 6.41. The molecule has 0 aliphatic carbocycles. The van der Waals surface area contributed by atoms with Gasteiger partial charge in [0.05, 0.1) is 0 Å². The van der Waals surface area contributed by atoms with Crippen molar-refractivity contribution in [2.75, 3.05) is 47.3 Å². The second-order valence-electron chi connectivity index (χ2n) is 5.50. The van der Waals surface area contributed by atoms with Crippen molar-refractivity contribution in [3.63, 3.8) is 0 Å². The Labute approximate surface area is 100 Å². The summed E-state index contributed by atoms with van der Waals surface area (Å²) in [4.78, 5) is 4.62. The van der Waals surface area contributed by atoms with Gasteiger partial charge in [-0.25, -0.2) is 0 Å². The molecule has 2 atom stereocenters. The minimum absolute atomic E-state index is 0.169. The molecule has 0 amide bonds. The number of hydrogen-bond donors (Lipinski definition) is 2. The van der Waals surface area contributed by atoms with Gasteiger partial charge < -0.3 is 20.9 Å². The minimum atomic E-state index is 0.169. The minimum Gasteiger partial charge on any atom is -0.329 e. The lowest BCUT2D eigenvalue weighted by Gasteiger charge is -2.44. The third-order valence-corrected chi connectivity index (χ3v) is 3.83. The maximum atomic E-state index is 5.97. The lowest BCUT2D eigenvalue weighted by atomic mass is 9.84. The first-order valence-electron chi connectivity index (χ1n) is 6.29. The zero-order chi connectivity index (χ0) is 12.2. The zero-order valence-corrected chi connectivity index (χ0v) is 11.3. The van der Waals surface area contributed by atoms with Gasteiger partial charge >= 0.3 is 0 Å². The van der Waals surface area contributed by atoms with Crippen LogP contribution in [0.3, 0.4) is 0 Å².